The summed E-state index contributed by atoms with van der Waals surface area (Å²) in [5, 5.41) is 0. The third-order valence-electron chi connectivity index (χ3n) is 2.85. The monoisotopic (exact) mass is 339 g/mol. The van der Waals surface area contributed by atoms with Gasteiger partial charge in [-0.2, -0.15) is 0 Å². The van der Waals surface area contributed by atoms with Crippen LogP contribution in [0.25, 0.3) is 0 Å². The van der Waals surface area contributed by atoms with Crippen LogP contribution in [0.5, 0.6) is 0 Å². The molecule has 0 amide bonds. The zero-order valence-corrected chi connectivity index (χ0v) is 12.6. The van der Waals surface area contributed by atoms with Crippen molar-refractivity contribution in [1.82, 2.24) is 4.72 Å². The second-order valence-corrected chi connectivity index (χ2v) is 8.45. The molecule has 1 N–H and O–H groups in total. The SMILES string of the molecule is COC1CCC(NS(=O)(=O)c2ccc(Br)s2)C1. The predicted octanol–water partition coefficient (Wildman–Crippen LogP) is 2.36. The van der Waals surface area contributed by atoms with Gasteiger partial charge in [0.25, 0.3) is 0 Å². The molecule has 2 unspecified atom stereocenters. The smallest absolute Gasteiger partial charge is 0.250 e. The number of nitrogens with one attached hydrogen (secondary N) is 1. The number of hydrogen-bond donors (Lipinski definition) is 1. The first kappa shape index (κ1) is 13.5. The molecule has 96 valence electrons. The molecule has 1 saturated carbocycles. The fourth-order valence-corrected chi connectivity index (χ4v) is 5.29. The number of rotatable bonds is 4. The highest BCUT2D eigenvalue weighted by atomic mass is 79.9. The summed E-state index contributed by atoms with van der Waals surface area (Å²) in [6.45, 7) is 0. The Balaban J connectivity index is 2.03. The maximum Gasteiger partial charge on any atom is 0.250 e. The summed E-state index contributed by atoms with van der Waals surface area (Å²) in [6, 6.07) is 3.34. The Kier molecular flexibility index (Phi) is 4.25. The van der Waals surface area contributed by atoms with Crippen LogP contribution >= 0.6 is 27.3 Å². The topological polar surface area (TPSA) is 55.4 Å². The molecular weight excluding hydrogens is 326 g/mol. The van der Waals surface area contributed by atoms with Crippen LogP contribution in [0.1, 0.15) is 19.3 Å². The van der Waals surface area contributed by atoms with E-state index in [2.05, 4.69) is 20.7 Å². The van der Waals surface area contributed by atoms with Gasteiger partial charge in [-0.3, -0.25) is 0 Å². The van der Waals surface area contributed by atoms with Gasteiger partial charge in [0.05, 0.1) is 9.89 Å². The zero-order chi connectivity index (χ0) is 12.5. The molecule has 1 aliphatic rings. The Morgan fingerprint density at radius 1 is 1.47 bits per heavy atom. The largest absolute Gasteiger partial charge is 0.381 e. The van der Waals surface area contributed by atoms with Crippen molar-refractivity contribution < 1.29 is 13.2 Å². The minimum atomic E-state index is -3.37. The van der Waals surface area contributed by atoms with E-state index in [1.165, 1.54) is 11.3 Å². The van der Waals surface area contributed by atoms with Crippen LogP contribution in [0.2, 0.25) is 0 Å². The molecule has 1 aromatic rings. The van der Waals surface area contributed by atoms with Crippen LogP contribution in [0.4, 0.5) is 0 Å². The maximum atomic E-state index is 12.0. The van der Waals surface area contributed by atoms with E-state index in [1.54, 1.807) is 19.2 Å². The first-order valence-electron chi connectivity index (χ1n) is 5.32. The minimum absolute atomic E-state index is 0.00849. The lowest BCUT2D eigenvalue weighted by molar-refractivity contribution is 0.107. The van der Waals surface area contributed by atoms with Crippen LogP contribution < -0.4 is 4.72 Å². The van der Waals surface area contributed by atoms with Crippen LogP contribution in [0.3, 0.4) is 0 Å². The Morgan fingerprint density at radius 3 is 2.76 bits per heavy atom. The molecule has 0 aromatic carbocycles. The molecule has 0 bridgehead atoms. The normalized spacial score (nSPS) is 25.3. The van der Waals surface area contributed by atoms with Crippen molar-refractivity contribution in [3.05, 3.63) is 15.9 Å². The lowest BCUT2D eigenvalue weighted by Gasteiger charge is -2.12. The fourth-order valence-electron chi connectivity index (χ4n) is 1.98. The number of halogens is 1. The highest BCUT2D eigenvalue weighted by Gasteiger charge is 2.29. The molecule has 2 atom stereocenters. The predicted molar refractivity (Wildman–Crippen MR) is 70.8 cm³/mol. The highest BCUT2D eigenvalue weighted by molar-refractivity contribution is 9.11. The summed E-state index contributed by atoms with van der Waals surface area (Å²) in [4.78, 5) is 0. The van der Waals surface area contributed by atoms with E-state index in [0.29, 0.717) is 4.21 Å². The highest BCUT2D eigenvalue weighted by Crippen LogP contribution is 2.28. The molecule has 1 fully saturated rings. The van der Waals surface area contributed by atoms with Gasteiger partial charge in [0, 0.05) is 13.2 Å². The summed E-state index contributed by atoms with van der Waals surface area (Å²) in [6.07, 6.45) is 2.68. The van der Waals surface area contributed by atoms with Crippen molar-refractivity contribution >= 4 is 37.3 Å². The fraction of sp³-hybridized carbons (Fsp3) is 0.600. The van der Waals surface area contributed by atoms with E-state index in [9.17, 15) is 8.42 Å². The van der Waals surface area contributed by atoms with Gasteiger partial charge in [-0.05, 0) is 47.3 Å². The van der Waals surface area contributed by atoms with Gasteiger partial charge in [0.15, 0.2) is 0 Å². The van der Waals surface area contributed by atoms with Gasteiger partial charge in [0.2, 0.25) is 10.0 Å². The molecule has 0 radical (unpaired) electrons. The van der Waals surface area contributed by atoms with Crippen LogP contribution in [0, 0.1) is 0 Å². The second-order valence-electron chi connectivity index (χ2n) is 4.05. The quantitative estimate of drug-likeness (QED) is 0.915. The molecule has 7 heteroatoms. The Labute approximate surface area is 114 Å². The standard InChI is InChI=1S/C10H14BrNO3S2/c1-15-8-3-2-7(6-8)12-17(13,14)10-5-4-9(11)16-10/h4-5,7-8,12H,2-3,6H2,1H3. The molecule has 1 heterocycles. The van der Waals surface area contributed by atoms with Gasteiger partial charge in [-0.25, -0.2) is 13.1 Å². The number of sulfonamides is 1. The lowest BCUT2D eigenvalue weighted by atomic mass is 10.3. The lowest BCUT2D eigenvalue weighted by Crippen LogP contribution is -2.32. The number of thiophene rings is 1. The Hall–Kier alpha value is 0.0500. The third-order valence-corrected chi connectivity index (χ3v) is 6.49. The Morgan fingerprint density at radius 2 is 2.24 bits per heavy atom. The van der Waals surface area contributed by atoms with E-state index in [4.69, 9.17) is 4.74 Å². The molecule has 0 spiro atoms. The third kappa shape index (κ3) is 3.29. The Bertz CT molecular complexity index is 485. The van der Waals surface area contributed by atoms with Crippen molar-refractivity contribution in [2.75, 3.05) is 7.11 Å². The summed E-state index contributed by atoms with van der Waals surface area (Å²) in [7, 11) is -1.71. The molecule has 1 aliphatic carbocycles. The number of ether oxygens (including phenoxy) is 1. The minimum Gasteiger partial charge on any atom is -0.381 e. The van der Waals surface area contributed by atoms with Crippen LogP contribution in [0.15, 0.2) is 20.1 Å². The van der Waals surface area contributed by atoms with Crippen LogP contribution in [-0.2, 0) is 14.8 Å². The maximum absolute atomic E-state index is 12.0. The molecule has 0 aliphatic heterocycles. The summed E-state index contributed by atoms with van der Waals surface area (Å²) >= 11 is 4.48. The van der Waals surface area contributed by atoms with Crippen molar-refractivity contribution in [3.63, 3.8) is 0 Å². The van der Waals surface area contributed by atoms with Crippen molar-refractivity contribution in [1.29, 1.82) is 0 Å². The first-order valence-corrected chi connectivity index (χ1v) is 8.41. The van der Waals surface area contributed by atoms with Crippen molar-refractivity contribution in [2.24, 2.45) is 0 Å². The van der Waals surface area contributed by atoms with Gasteiger partial charge < -0.3 is 4.74 Å². The van der Waals surface area contributed by atoms with Crippen LogP contribution in [-0.4, -0.2) is 27.7 Å². The van der Waals surface area contributed by atoms with Crippen molar-refractivity contribution in [3.8, 4) is 0 Å². The molecule has 17 heavy (non-hydrogen) atoms. The van der Waals surface area contributed by atoms with Gasteiger partial charge in [-0.15, -0.1) is 11.3 Å². The molecule has 2 rings (SSSR count). The second kappa shape index (κ2) is 5.36. The summed E-state index contributed by atoms with van der Waals surface area (Å²) < 4.78 is 33.2. The van der Waals surface area contributed by atoms with E-state index < -0.39 is 10.0 Å². The molecular formula is C10H14BrNO3S2. The van der Waals surface area contributed by atoms with Gasteiger partial charge >= 0.3 is 0 Å². The molecule has 0 saturated heterocycles. The van der Waals surface area contributed by atoms with E-state index >= 15 is 0 Å². The van der Waals surface area contributed by atoms with Gasteiger partial charge in [-0.1, -0.05) is 0 Å². The van der Waals surface area contributed by atoms with E-state index in [-0.39, 0.29) is 12.1 Å². The number of hydrogen-bond acceptors (Lipinski definition) is 4. The average Bonchev–Trinajstić information content (AvgIpc) is 2.86. The summed E-state index contributed by atoms with van der Waals surface area (Å²) in [5.74, 6) is 0. The molecule has 4 nitrogen and oxygen atoms in total. The molecule has 1 aromatic heterocycles. The van der Waals surface area contributed by atoms with E-state index in [0.717, 1.165) is 23.0 Å². The zero-order valence-electron chi connectivity index (χ0n) is 9.35. The number of methoxy groups -OCH3 is 1. The average molecular weight is 340 g/mol. The van der Waals surface area contributed by atoms with Gasteiger partial charge in [0.1, 0.15) is 4.21 Å². The summed E-state index contributed by atoms with van der Waals surface area (Å²) in [5.41, 5.74) is 0. The van der Waals surface area contributed by atoms with E-state index in [1.807, 2.05) is 0 Å². The van der Waals surface area contributed by atoms with Crippen molar-refractivity contribution in [2.45, 2.75) is 35.6 Å². The first-order chi connectivity index (χ1) is 8.01.